The van der Waals surface area contributed by atoms with Crippen molar-refractivity contribution >= 4 is 36.4 Å². The van der Waals surface area contributed by atoms with E-state index < -0.39 is 35.9 Å². The van der Waals surface area contributed by atoms with Gasteiger partial charge < -0.3 is 20.8 Å². The molecule has 0 aliphatic heterocycles. The number of carbonyl (C=O) groups is 3. The molecule has 0 saturated heterocycles. The summed E-state index contributed by atoms with van der Waals surface area (Å²) >= 11 is 4.31. The number of amides is 2. The molecule has 0 spiro atoms. The standard InChI is InChI=1S/C31H41N3O6S/c1-4-6-10-17-34(19-23-11-8-7-9-12-23)28(26(41)20-35)30(38)32-25(18-22-13-15-24(36)16-14-22)29(37)33-27(31(39)40)21(3)5-2/h7-9,11-16,21,25,27-28,36,41H,4-6,10,17-19H2,1-3H3,(H,32,38)(H,33,37)(H,39,40). The SMILES string of the molecule is CCCCCN(Cc1ccccc1)C(C(=O)NC(Cc1ccc(O)cc1)C(=O)NC(C(=O)O)C(C)CC)C(S)=C=O. The van der Waals surface area contributed by atoms with Gasteiger partial charge in [0.15, 0.2) is 0 Å². The lowest BCUT2D eigenvalue weighted by Gasteiger charge is -2.32. The lowest BCUT2D eigenvalue weighted by molar-refractivity contribution is -0.143. The first-order valence-corrected chi connectivity index (χ1v) is 14.4. The highest BCUT2D eigenvalue weighted by Crippen LogP contribution is 2.19. The number of nitrogens with one attached hydrogen (secondary N) is 2. The maximum atomic E-state index is 13.8. The van der Waals surface area contributed by atoms with Gasteiger partial charge in [0.2, 0.25) is 11.8 Å². The van der Waals surface area contributed by atoms with Crippen molar-refractivity contribution in [1.82, 2.24) is 15.5 Å². The minimum atomic E-state index is -1.17. The number of carbonyl (C=O) groups excluding carboxylic acids is 3. The van der Waals surface area contributed by atoms with Crippen LogP contribution in [0.1, 0.15) is 57.6 Å². The minimum absolute atomic E-state index is 0.0264. The zero-order valence-electron chi connectivity index (χ0n) is 23.9. The summed E-state index contributed by atoms with van der Waals surface area (Å²) in [5.74, 6) is -1.03. The van der Waals surface area contributed by atoms with E-state index in [2.05, 4.69) is 30.2 Å². The number of carboxylic acids is 1. The van der Waals surface area contributed by atoms with Crippen LogP contribution in [0.3, 0.4) is 0 Å². The van der Waals surface area contributed by atoms with E-state index in [9.17, 15) is 29.4 Å². The molecule has 0 bridgehead atoms. The highest BCUT2D eigenvalue weighted by Gasteiger charge is 2.34. The predicted molar refractivity (Wildman–Crippen MR) is 161 cm³/mol. The summed E-state index contributed by atoms with van der Waals surface area (Å²) in [4.78, 5) is 52.7. The van der Waals surface area contributed by atoms with Gasteiger partial charge in [-0.05, 0) is 42.1 Å². The fourth-order valence-corrected chi connectivity index (χ4v) is 4.75. The Kier molecular flexibility index (Phi) is 14.2. The third kappa shape index (κ3) is 10.7. The van der Waals surface area contributed by atoms with Crippen LogP contribution in [0.25, 0.3) is 0 Å². The molecule has 41 heavy (non-hydrogen) atoms. The van der Waals surface area contributed by atoms with Crippen LogP contribution in [0.15, 0.2) is 59.5 Å². The van der Waals surface area contributed by atoms with Gasteiger partial charge in [-0.3, -0.25) is 14.5 Å². The fourth-order valence-electron chi connectivity index (χ4n) is 4.47. The lowest BCUT2D eigenvalue weighted by atomic mass is 9.98. The number of aliphatic carboxylic acids is 1. The van der Waals surface area contributed by atoms with Gasteiger partial charge in [-0.2, -0.15) is 0 Å². The van der Waals surface area contributed by atoms with Gasteiger partial charge in [0.25, 0.3) is 0 Å². The van der Waals surface area contributed by atoms with Crippen LogP contribution in [0.5, 0.6) is 5.75 Å². The Morgan fingerprint density at radius 1 is 0.951 bits per heavy atom. The van der Waals surface area contributed by atoms with Crippen molar-refractivity contribution in [2.24, 2.45) is 5.92 Å². The molecule has 0 saturated carbocycles. The molecule has 0 heterocycles. The second kappa shape index (κ2) is 17.3. The quantitative estimate of drug-likeness (QED) is 0.109. The molecule has 222 valence electrons. The molecule has 0 aliphatic carbocycles. The maximum absolute atomic E-state index is 13.8. The predicted octanol–water partition coefficient (Wildman–Crippen LogP) is 3.74. The first-order chi connectivity index (χ1) is 19.6. The van der Waals surface area contributed by atoms with Crippen LogP contribution in [-0.2, 0) is 32.1 Å². The minimum Gasteiger partial charge on any atom is -0.508 e. The van der Waals surface area contributed by atoms with Crippen molar-refractivity contribution < 1.29 is 29.4 Å². The lowest BCUT2D eigenvalue weighted by Crippen LogP contribution is -2.57. The Bertz CT molecular complexity index is 1180. The largest absolute Gasteiger partial charge is 0.508 e. The average molecular weight is 584 g/mol. The molecule has 10 heteroatoms. The van der Waals surface area contributed by atoms with Crippen LogP contribution in [0.4, 0.5) is 0 Å². The molecule has 2 rings (SSSR count). The first kappa shape index (κ1) is 33.6. The van der Waals surface area contributed by atoms with E-state index in [-0.39, 0.29) is 23.0 Å². The molecule has 4 N–H and O–H groups in total. The number of phenolic OH excluding ortho intramolecular Hbond substituents is 1. The normalized spacial score (nSPS) is 13.9. The van der Waals surface area contributed by atoms with Gasteiger partial charge in [0.05, 0.1) is 4.91 Å². The van der Waals surface area contributed by atoms with E-state index in [1.165, 1.54) is 12.1 Å². The van der Waals surface area contributed by atoms with Gasteiger partial charge in [0.1, 0.15) is 29.8 Å². The Labute approximate surface area is 247 Å². The number of thiol groups is 1. The summed E-state index contributed by atoms with van der Waals surface area (Å²) in [6.45, 7) is 6.47. The monoisotopic (exact) mass is 583 g/mol. The van der Waals surface area contributed by atoms with Crippen LogP contribution in [0.2, 0.25) is 0 Å². The molecular formula is C31H41N3O6S. The van der Waals surface area contributed by atoms with E-state index in [1.807, 2.05) is 42.2 Å². The summed E-state index contributed by atoms with van der Waals surface area (Å²) < 4.78 is 0. The van der Waals surface area contributed by atoms with Gasteiger partial charge in [-0.25, -0.2) is 9.59 Å². The van der Waals surface area contributed by atoms with Crippen molar-refractivity contribution in [3.05, 3.63) is 70.6 Å². The zero-order valence-corrected chi connectivity index (χ0v) is 24.8. The molecule has 0 aliphatic rings. The van der Waals surface area contributed by atoms with Gasteiger partial charge in [-0.1, -0.05) is 82.5 Å². The number of hydrogen-bond donors (Lipinski definition) is 5. The van der Waals surface area contributed by atoms with Crippen molar-refractivity contribution in [2.75, 3.05) is 6.54 Å². The van der Waals surface area contributed by atoms with Crippen molar-refractivity contribution in [3.8, 4) is 5.75 Å². The van der Waals surface area contributed by atoms with E-state index in [4.69, 9.17) is 0 Å². The maximum Gasteiger partial charge on any atom is 0.326 e. The number of unbranched alkanes of at least 4 members (excludes halogenated alkanes) is 2. The summed E-state index contributed by atoms with van der Waals surface area (Å²) in [5, 5.41) is 24.7. The number of benzene rings is 2. The van der Waals surface area contributed by atoms with Crippen molar-refractivity contribution in [2.45, 2.75) is 77.5 Å². The number of phenols is 1. The molecule has 0 aromatic heterocycles. The number of nitrogens with zero attached hydrogens (tertiary/aromatic N) is 1. The average Bonchev–Trinajstić information content (AvgIpc) is 2.96. The van der Waals surface area contributed by atoms with E-state index >= 15 is 0 Å². The highest BCUT2D eigenvalue weighted by atomic mass is 32.1. The zero-order chi connectivity index (χ0) is 30.4. The Morgan fingerprint density at radius 2 is 1.61 bits per heavy atom. The van der Waals surface area contributed by atoms with Crippen molar-refractivity contribution in [3.63, 3.8) is 0 Å². The molecule has 4 atom stereocenters. The Morgan fingerprint density at radius 3 is 2.17 bits per heavy atom. The summed E-state index contributed by atoms with van der Waals surface area (Å²) in [7, 11) is 0. The third-order valence-corrected chi connectivity index (χ3v) is 7.38. The molecule has 0 radical (unpaired) electrons. The van der Waals surface area contributed by atoms with E-state index in [0.717, 1.165) is 24.8 Å². The van der Waals surface area contributed by atoms with Gasteiger partial charge >= 0.3 is 5.97 Å². The third-order valence-electron chi connectivity index (χ3n) is 7.04. The molecule has 9 nitrogen and oxygen atoms in total. The van der Waals surface area contributed by atoms with Crippen LogP contribution in [-0.4, -0.2) is 63.5 Å². The van der Waals surface area contributed by atoms with Crippen LogP contribution in [0, 0.1) is 5.92 Å². The molecule has 2 aromatic rings. The van der Waals surface area contributed by atoms with Crippen LogP contribution >= 0.6 is 12.6 Å². The molecular weight excluding hydrogens is 542 g/mol. The van der Waals surface area contributed by atoms with Crippen molar-refractivity contribution in [1.29, 1.82) is 0 Å². The Balaban J connectivity index is 2.42. The van der Waals surface area contributed by atoms with Gasteiger partial charge in [0, 0.05) is 13.0 Å². The molecule has 4 unspecified atom stereocenters. The summed E-state index contributed by atoms with van der Waals surface area (Å²) in [5.41, 5.74) is 1.57. The molecule has 0 fully saturated rings. The second-order valence-corrected chi connectivity index (χ2v) is 10.7. The Hall–Kier alpha value is -3.59. The second-order valence-electron chi connectivity index (χ2n) is 10.2. The smallest absolute Gasteiger partial charge is 0.326 e. The van der Waals surface area contributed by atoms with Crippen LogP contribution < -0.4 is 10.6 Å². The molecule has 2 amide bonds. The summed E-state index contributed by atoms with van der Waals surface area (Å²) in [6.07, 6.45) is 3.21. The summed E-state index contributed by atoms with van der Waals surface area (Å²) in [6, 6.07) is 12.2. The first-order valence-electron chi connectivity index (χ1n) is 13.9. The number of carboxylic acid groups (broad SMARTS) is 1. The topological polar surface area (TPSA) is 136 Å². The van der Waals surface area contributed by atoms with E-state index in [1.54, 1.807) is 25.0 Å². The number of aromatic hydroxyl groups is 1. The highest BCUT2D eigenvalue weighted by molar-refractivity contribution is 7.85. The number of hydrogen-bond acceptors (Lipinski definition) is 7. The molecule has 2 aromatic carbocycles. The van der Waals surface area contributed by atoms with Gasteiger partial charge in [-0.15, -0.1) is 12.6 Å². The number of rotatable bonds is 17. The fraction of sp³-hybridized carbons (Fsp3) is 0.452. The van der Waals surface area contributed by atoms with E-state index in [0.29, 0.717) is 25.1 Å².